The van der Waals surface area contributed by atoms with Crippen molar-refractivity contribution in [2.24, 2.45) is 11.8 Å². The number of methoxy groups -OCH3 is 3. The predicted molar refractivity (Wildman–Crippen MR) is 148 cm³/mol. The lowest BCUT2D eigenvalue weighted by Crippen LogP contribution is -2.49. The SMILES string of the molecule is COC(=O)CNC(=O)[C@H](CC1CCCCC1)NC(=O)c1cc(-c2c(OC)cccc2OC)n(C(C)C(C)C)n1. The van der Waals surface area contributed by atoms with Crippen molar-refractivity contribution in [2.75, 3.05) is 27.9 Å². The quantitative estimate of drug-likeness (QED) is 0.387. The van der Waals surface area contributed by atoms with Crippen LogP contribution in [0, 0.1) is 11.8 Å². The molecule has 1 aliphatic rings. The van der Waals surface area contributed by atoms with Crippen molar-refractivity contribution in [3.05, 3.63) is 30.0 Å². The smallest absolute Gasteiger partial charge is 0.325 e. The largest absolute Gasteiger partial charge is 0.496 e. The monoisotopic (exact) mass is 542 g/mol. The highest BCUT2D eigenvalue weighted by atomic mass is 16.5. The summed E-state index contributed by atoms with van der Waals surface area (Å²) < 4.78 is 17.7. The van der Waals surface area contributed by atoms with Gasteiger partial charge in [0.15, 0.2) is 5.69 Å². The van der Waals surface area contributed by atoms with Crippen LogP contribution in [0.25, 0.3) is 11.3 Å². The van der Waals surface area contributed by atoms with E-state index in [0.717, 1.165) is 25.7 Å². The summed E-state index contributed by atoms with van der Waals surface area (Å²) in [6.45, 7) is 5.95. The molecule has 2 amide bonds. The molecule has 1 saturated carbocycles. The van der Waals surface area contributed by atoms with E-state index in [4.69, 9.17) is 14.6 Å². The molecule has 2 aromatic rings. The Morgan fingerprint density at radius 3 is 2.23 bits per heavy atom. The van der Waals surface area contributed by atoms with Gasteiger partial charge in [-0.2, -0.15) is 5.10 Å². The zero-order valence-corrected chi connectivity index (χ0v) is 23.9. The number of rotatable bonds is 12. The first-order chi connectivity index (χ1) is 18.7. The number of nitrogens with one attached hydrogen (secondary N) is 2. The molecular formula is C29H42N4O6. The molecule has 2 atom stereocenters. The maximum atomic E-state index is 13.6. The fraction of sp³-hybridized carbons (Fsp3) is 0.586. The first-order valence-electron chi connectivity index (χ1n) is 13.7. The second-order valence-electron chi connectivity index (χ2n) is 10.4. The molecule has 214 valence electrons. The number of benzene rings is 1. The summed E-state index contributed by atoms with van der Waals surface area (Å²) in [5.74, 6) is 0.299. The maximum absolute atomic E-state index is 13.6. The third kappa shape index (κ3) is 7.52. The zero-order valence-electron chi connectivity index (χ0n) is 23.9. The average molecular weight is 543 g/mol. The molecule has 0 saturated heterocycles. The molecule has 1 aromatic heterocycles. The number of esters is 1. The third-order valence-electron chi connectivity index (χ3n) is 7.55. The number of aromatic nitrogens is 2. The Morgan fingerprint density at radius 1 is 1.03 bits per heavy atom. The molecule has 1 fully saturated rings. The zero-order chi connectivity index (χ0) is 28.5. The number of carbonyl (C=O) groups excluding carboxylic acids is 3. The van der Waals surface area contributed by atoms with E-state index in [-0.39, 0.29) is 24.2 Å². The summed E-state index contributed by atoms with van der Waals surface area (Å²) >= 11 is 0. The van der Waals surface area contributed by atoms with E-state index in [1.807, 2.05) is 29.8 Å². The number of hydrogen-bond donors (Lipinski definition) is 2. The summed E-state index contributed by atoms with van der Waals surface area (Å²) in [5, 5.41) is 10.2. The molecule has 39 heavy (non-hydrogen) atoms. The highest BCUT2D eigenvalue weighted by Crippen LogP contribution is 2.40. The van der Waals surface area contributed by atoms with Gasteiger partial charge < -0.3 is 24.8 Å². The molecule has 1 heterocycles. The fourth-order valence-electron chi connectivity index (χ4n) is 4.96. The second kappa shape index (κ2) is 14.0. The van der Waals surface area contributed by atoms with E-state index < -0.39 is 23.8 Å². The molecule has 0 bridgehead atoms. The average Bonchev–Trinajstić information content (AvgIpc) is 3.39. The van der Waals surface area contributed by atoms with Gasteiger partial charge in [0.25, 0.3) is 5.91 Å². The lowest BCUT2D eigenvalue weighted by molar-refractivity contribution is -0.141. The number of nitrogens with zero attached hydrogens (tertiary/aromatic N) is 2. The second-order valence-corrected chi connectivity index (χ2v) is 10.4. The Bertz CT molecular complexity index is 1120. The van der Waals surface area contributed by atoms with Crippen LogP contribution in [-0.4, -0.2) is 61.5 Å². The summed E-state index contributed by atoms with van der Waals surface area (Å²) in [7, 11) is 4.43. The van der Waals surface area contributed by atoms with Crippen LogP contribution in [0.3, 0.4) is 0 Å². The Labute approximate surface area is 230 Å². The molecule has 0 aliphatic heterocycles. The van der Waals surface area contributed by atoms with Crippen molar-refractivity contribution >= 4 is 17.8 Å². The number of hydrogen-bond acceptors (Lipinski definition) is 7. The van der Waals surface area contributed by atoms with Gasteiger partial charge in [-0.1, -0.05) is 52.0 Å². The van der Waals surface area contributed by atoms with Gasteiger partial charge >= 0.3 is 5.97 Å². The highest BCUT2D eigenvalue weighted by Gasteiger charge is 2.29. The van der Waals surface area contributed by atoms with Crippen molar-refractivity contribution in [3.8, 4) is 22.8 Å². The predicted octanol–water partition coefficient (Wildman–Crippen LogP) is 4.14. The van der Waals surface area contributed by atoms with Crippen LogP contribution in [0.5, 0.6) is 11.5 Å². The molecule has 0 spiro atoms. The number of amides is 2. The van der Waals surface area contributed by atoms with Crippen LogP contribution in [0.1, 0.15) is 75.8 Å². The number of carbonyl (C=O) groups is 3. The van der Waals surface area contributed by atoms with Gasteiger partial charge in [0.05, 0.1) is 38.6 Å². The van der Waals surface area contributed by atoms with E-state index in [1.54, 1.807) is 20.3 Å². The van der Waals surface area contributed by atoms with Gasteiger partial charge in [-0.15, -0.1) is 0 Å². The van der Waals surface area contributed by atoms with Crippen LogP contribution in [0.2, 0.25) is 0 Å². The lowest BCUT2D eigenvalue weighted by Gasteiger charge is -2.26. The van der Waals surface area contributed by atoms with Crippen molar-refractivity contribution in [3.63, 3.8) is 0 Å². The van der Waals surface area contributed by atoms with Crippen molar-refractivity contribution < 1.29 is 28.6 Å². The maximum Gasteiger partial charge on any atom is 0.325 e. The van der Waals surface area contributed by atoms with Crippen LogP contribution in [0.15, 0.2) is 24.3 Å². The minimum absolute atomic E-state index is 0.0439. The van der Waals surface area contributed by atoms with Crippen molar-refractivity contribution in [2.45, 2.75) is 71.4 Å². The van der Waals surface area contributed by atoms with Gasteiger partial charge in [-0.05, 0) is 43.4 Å². The topological polar surface area (TPSA) is 121 Å². The minimum Gasteiger partial charge on any atom is -0.496 e. The summed E-state index contributed by atoms with van der Waals surface area (Å²) in [5.41, 5.74) is 1.55. The molecular weight excluding hydrogens is 500 g/mol. The van der Waals surface area contributed by atoms with Crippen molar-refractivity contribution in [1.82, 2.24) is 20.4 Å². The molecule has 2 N–H and O–H groups in total. The van der Waals surface area contributed by atoms with Crippen LogP contribution < -0.4 is 20.1 Å². The molecule has 1 aliphatic carbocycles. The first kappa shape index (κ1) is 30.0. The van der Waals surface area contributed by atoms with Gasteiger partial charge in [-0.25, -0.2) is 0 Å². The van der Waals surface area contributed by atoms with Crippen LogP contribution in [0.4, 0.5) is 0 Å². The summed E-state index contributed by atoms with van der Waals surface area (Å²) in [4.78, 5) is 38.3. The molecule has 3 rings (SSSR count). The van der Waals surface area contributed by atoms with E-state index in [9.17, 15) is 14.4 Å². The van der Waals surface area contributed by atoms with Crippen LogP contribution >= 0.6 is 0 Å². The lowest BCUT2D eigenvalue weighted by atomic mass is 9.84. The Morgan fingerprint density at radius 2 is 1.67 bits per heavy atom. The van der Waals surface area contributed by atoms with Gasteiger partial charge in [0.2, 0.25) is 5.91 Å². The Balaban J connectivity index is 1.95. The van der Waals surface area contributed by atoms with Gasteiger partial charge in [-0.3, -0.25) is 19.1 Å². The fourth-order valence-corrected chi connectivity index (χ4v) is 4.96. The minimum atomic E-state index is -0.804. The van der Waals surface area contributed by atoms with E-state index >= 15 is 0 Å². The molecule has 1 aromatic carbocycles. The summed E-state index contributed by atoms with van der Waals surface area (Å²) in [6.07, 6.45) is 5.91. The normalized spacial score (nSPS) is 15.4. The molecule has 0 radical (unpaired) electrons. The molecule has 10 heteroatoms. The first-order valence-corrected chi connectivity index (χ1v) is 13.7. The summed E-state index contributed by atoms with van der Waals surface area (Å²) in [6, 6.07) is 6.37. The van der Waals surface area contributed by atoms with E-state index in [1.165, 1.54) is 13.5 Å². The Kier molecular flexibility index (Phi) is 10.8. The standard InChI is InChI=1S/C29H42N4O6/c1-18(2)19(3)33-23(27-24(37-4)13-10-14-25(27)38-5)16-22(32-33)29(36)31-21(15-20-11-8-7-9-12-20)28(35)30-17-26(34)39-6/h10,13-14,16,18-21H,7-9,11-12,15,17H2,1-6H3,(H,30,35)(H,31,36)/t19?,21-/m0/s1. The highest BCUT2D eigenvalue weighted by molar-refractivity contribution is 5.97. The van der Waals surface area contributed by atoms with Gasteiger partial charge in [0, 0.05) is 0 Å². The Hall–Kier alpha value is -3.56. The molecule has 10 nitrogen and oxygen atoms in total. The third-order valence-corrected chi connectivity index (χ3v) is 7.55. The van der Waals surface area contributed by atoms with E-state index in [2.05, 4.69) is 29.2 Å². The van der Waals surface area contributed by atoms with Gasteiger partial charge in [0.1, 0.15) is 24.1 Å². The molecule has 1 unspecified atom stereocenters. The number of ether oxygens (including phenoxy) is 3. The van der Waals surface area contributed by atoms with E-state index in [0.29, 0.717) is 35.1 Å². The van der Waals surface area contributed by atoms with Crippen LogP contribution in [-0.2, 0) is 14.3 Å². The van der Waals surface area contributed by atoms with Crippen molar-refractivity contribution in [1.29, 1.82) is 0 Å².